The third-order valence-corrected chi connectivity index (χ3v) is 4.60. The van der Waals surface area contributed by atoms with Crippen LogP contribution in [-0.2, 0) is 16.1 Å². The summed E-state index contributed by atoms with van der Waals surface area (Å²) < 4.78 is 10.4. The molecule has 22 heavy (non-hydrogen) atoms. The van der Waals surface area contributed by atoms with Crippen LogP contribution in [0.3, 0.4) is 0 Å². The molecule has 1 aromatic rings. The Balaban J connectivity index is 1.40. The smallest absolute Gasteiger partial charge is 0.223 e. The Morgan fingerprint density at radius 2 is 2.00 bits per heavy atom. The lowest BCUT2D eigenvalue weighted by Gasteiger charge is -2.33. The molecule has 0 aromatic carbocycles. The molecule has 2 aliphatic rings. The molecule has 6 heteroatoms. The third-order valence-electron chi connectivity index (χ3n) is 4.60. The van der Waals surface area contributed by atoms with Crippen molar-refractivity contribution in [1.29, 1.82) is 0 Å². The van der Waals surface area contributed by atoms with Crippen LogP contribution in [0.15, 0.2) is 10.6 Å². The van der Waals surface area contributed by atoms with Crippen molar-refractivity contribution in [3.05, 3.63) is 17.5 Å². The van der Waals surface area contributed by atoms with Gasteiger partial charge < -0.3 is 14.2 Å². The first-order chi connectivity index (χ1) is 10.7. The normalized spacial score (nSPS) is 21.2. The average molecular weight is 307 g/mol. The van der Waals surface area contributed by atoms with E-state index in [1.54, 1.807) is 0 Å². The second-order valence-corrected chi connectivity index (χ2v) is 6.35. The van der Waals surface area contributed by atoms with Crippen LogP contribution in [-0.4, -0.2) is 60.3 Å². The summed E-state index contributed by atoms with van der Waals surface area (Å²) in [4.78, 5) is 16.6. The van der Waals surface area contributed by atoms with Gasteiger partial charge in [0, 0.05) is 32.1 Å². The topological polar surface area (TPSA) is 58.8 Å². The molecule has 6 nitrogen and oxygen atoms in total. The molecule has 0 bridgehead atoms. The molecule has 3 heterocycles. The molecule has 0 aliphatic carbocycles. The summed E-state index contributed by atoms with van der Waals surface area (Å²) in [5.74, 6) is 1.68. The van der Waals surface area contributed by atoms with Gasteiger partial charge in [0.2, 0.25) is 5.91 Å². The van der Waals surface area contributed by atoms with Crippen LogP contribution in [0.1, 0.15) is 30.7 Å². The van der Waals surface area contributed by atoms with Crippen molar-refractivity contribution < 1.29 is 14.1 Å². The Morgan fingerprint density at radius 1 is 1.27 bits per heavy atom. The fraction of sp³-hybridized carbons (Fsp3) is 0.750. The molecule has 122 valence electrons. The second-order valence-electron chi connectivity index (χ2n) is 6.35. The maximum Gasteiger partial charge on any atom is 0.223 e. The Labute approximate surface area is 131 Å². The number of carbonyl (C=O) groups excluding carboxylic acids is 1. The number of hydrogen-bond donors (Lipinski definition) is 0. The van der Waals surface area contributed by atoms with Gasteiger partial charge in [-0.3, -0.25) is 9.69 Å². The monoisotopic (exact) mass is 307 g/mol. The average Bonchev–Trinajstić information content (AvgIpc) is 2.95. The highest BCUT2D eigenvalue weighted by molar-refractivity contribution is 5.76. The zero-order chi connectivity index (χ0) is 15.4. The first kappa shape index (κ1) is 15.5. The van der Waals surface area contributed by atoms with Gasteiger partial charge in [-0.05, 0) is 38.8 Å². The molecule has 2 saturated heterocycles. The lowest BCUT2D eigenvalue weighted by Crippen LogP contribution is -2.42. The molecule has 0 atom stereocenters. The van der Waals surface area contributed by atoms with Crippen LogP contribution in [0.25, 0.3) is 0 Å². The molecular weight excluding hydrogens is 282 g/mol. The highest BCUT2D eigenvalue weighted by Gasteiger charge is 2.25. The minimum absolute atomic E-state index is 0.300. The number of amides is 1. The van der Waals surface area contributed by atoms with Crippen molar-refractivity contribution in [1.82, 2.24) is 15.0 Å². The zero-order valence-electron chi connectivity index (χ0n) is 13.3. The fourth-order valence-corrected chi connectivity index (χ4v) is 3.26. The van der Waals surface area contributed by atoms with E-state index in [-0.39, 0.29) is 0 Å². The molecule has 0 N–H and O–H groups in total. The molecule has 0 spiro atoms. The lowest BCUT2D eigenvalue weighted by molar-refractivity contribution is -0.136. The van der Waals surface area contributed by atoms with E-state index in [2.05, 4.69) is 10.1 Å². The van der Waals surface area contributed by atoms with Gasteiger partial charge in [-0.2, -0.15) is 0 Å². The Morgan fingerprint density at radius 3 is 2.64 bits per heavy atom. The number of aryl methyl sites for hydroxylation is 1. The van der Waals surface area contributed by atoms with Crippen LogP contribution in [0.5, 0.6) is 0 Å². The van der Waals surface area contributed by atoms with Gasteiger partial charge >= 0.3 is 0 Å². The number of nitrogens with zero attached hydrogens (tertiary/aromatic N) is 3. The summed E-state index contributed by atoms with van der Waals surface area (Å²) in [7, 11) is 0. The van der Waals surface area contributed by atoms with Crippen molar-refractivity contribution in [2.75, 3.05) is 39.4 Å². The minimum Gasteiger partial charge on any atom is -0.378 e. The summed E-state index contributed by atoms with van der Waals surface area (Å²) in [6, 6.07) is 1.99. The van der Waals surface area contributed by atoms with Crippen LogP contribution in [0, 0.1) is 12.8 Å². The number of aromatic nitrogens is 1. The van der Waals surface area contributed by atoms with Crippen LogP contribution in [0.2, 0.25) is 0 Å². The number of ether oxygens (including phenoxy) is 1. The number of likely N-dealkylation sites (tertiary alicyclic amines) is 1. The quantitative estimate of drug-likeness (QED) is 0.842. The van der Waals surface area contributed by atoms with E-state index >= 15 is 0 Å². The number of hydrogen-bond acceptors (Lipinski definition) is 5. The largest absolute Gasteiger partial charge is 0.378 e. The number of piperidine rings is 1. The van der Waals surface area contributed by atoms with Crippen molar-refractivity contribution in [3.8, 4) is 0 Å². The van der Waals surface area contributed by atoms with Gasteiger partial charge in [0.25, 0.3) is 0 Å². The van der Waals surface area contributed by atoms with Gasteiger partial charge in [-0.1, -0.05) is 5.16 Å². The molecule has 2 fully saturated rings. The van der Waals surface area contributed by atoms with E-state index in [0.717, 1.165) is 57.0 Å². The van der Waals surface area contributed by atoms with E-state index in [1.807, 2.05) is 17.9 Å². The van der Waals surface area contributed by atoms with Gasteiger partial charge in [0.05, 0.1) is 18.9 Å². The number of rotatable bonds is 4. The molecule has 2 aliphatic heterocycles. The van der Waals surface area contributed by atoms with Crippen molar-refractivity contribution in [2.24, 2.45) is 5.92 Å². The maximum atomic E-state index is 12.3. The van der Waals surface area contributed by atoms with E-state index in [0.29, 0.717) is 31.5 Å². The van der Waals surface area contributed by atoms with Crippen molar-refractivity contribution in [2.45, 2.75) is 32.7 Å². The van der Waals surface area contributed by atoms with Crippen molar-refractivity contribution in [3.63, 3.8) is 0 Å². The molecule has 0 unspecified atom stereocenters. The van der Waals surface area contributed by atoms with Gasteiger partial charge in [0.15, 0.2) is 0 Å². The maximum absolute atomic E-state index is 12.3. The molecule has 0 radical (unpaired) electrons. The van der Waals surface area contributed by atoms with E-state index in [4.69, 9.17) is 9.26 Å². The van der Waals surface area contributed by atoms with Crippen LogP contribution < -0.4 is 0 Å². The summed E-state index contributed by atoms with van der Waals surface area (Å²) >= 11 is 0. The zero-order valence-corrected chi connectivity index (χ0v) is 13.3. The second kappa shape index (κ2) is 7.24. The summed E-state index contributed by atoms with van der Waals surface area (Å²) in [5.41, 5.74) is 1.00. The van der Waals surface area contributed by atoms with Gasteiger partial charge in [0.1, 0.15) is 5.76 Å². The van der Waals surface area contributed by atoms with Crippen LogP contribution >= 0.6 is 0 Å². The predicted molar refractivity (Wildman–Crippen MR) is 81.3 cm³/mol. The minimum atomic E-state index is 0.300. The lowest BCUT2D eigenvalue weighted by atomic mass is 9.93. The first-order valence-electron chi connectivity index (χ1n) is 8.21. The fourth-order valence-electron chi connectivity index (χ4n) is 3.26. The molecule has 3 rings (SSSR count). The van der Waals surface area contributed by atoms with E-state index in [1.165, 1.54) is 0 Å². The van der Waals surface area contributed by atoms with Crippen LogP contribution in [0.4, 0.5) is 0 Å². The highest BCUT2D eigenvalue weighted by Crippen LogP contribution is 2.23. The van der Waals surface area contributed by atoms with Gasteiger partial charge in [-0.15, -0.1) is 0 Å². The highest BCUT2D eigenvalue weighted by atomic mass is 16.5. The Hall–Kier alpha value is -1.40. The summed E-state index contributed by atoms with van der Waals surface area (Å²) in [6.07, 6.45) is 2.87. The number of carbonyl (C=O) groups is 1. The standard InChI is InChI=1S/C16H25N3O3/c1-13-10-15(17-22-13)12-18-4-2-14(3-5-18)11-16(20)19-6-8-21-9-7-19/h10,14H,2-9,11-12H2,1H3. The van der Waals surface area contributed by atoms with Gasteiger partial charge in [-0.25, -0.2) is 0 Å². The molecule has 0 saturated carbocycles. The summed E-state index contributed by atoms with van der Waals surface area (Å²) in [5, 5.41) is 4.05. The SMILES string of the molecule is Cc1cc(CN2CCC(CC(=O)N3CCOCC3)CC2)no1. The molecule has 1 aromatic heterocycles. The van der Waals surface area contributed by atoms with E-state index in [9.17, 15) is 4.79 Å². The number of morpholine rings is 1. The first-order valence-corrected chi connectivity index (χ1v) is 8.21. The Kier molecular flexibility index (Phi) is 5.10. The van der Waals surface area contributed by atoms with E-state index < -0.39 is 0 Å². The predicted octanol–water partition coefficient (Wildman–Crippen LogP) is 1.44. The Bertz CT molecular complexity index is 489. The summed E-state index contributed by atoms with van der Waals surface area (Å²) in [6.45, 7) is 7.70. The molecular formula is C16H25N3O3. The third kappa shape index (κ3) is 4.08. The molecule has 1 amide bonds. The van der Waals surface area contributed by atoms with Crippen molar-refractivity contribution >= 4 is 5.91 Å².